The van der Waals surface area contributed by atoms with Crippen molar-refractivity contribution >= 4 is 22.8 Å². The normalized spacial score (nSPS) is 15.3. The Kier molecular flexibility index (Phi) is 7.43. The second kappa shape index (κ2) is 10.7. The number of nitrogens with one attached hydrogen (secondary N) is 2. The van der Waals surface area contributed by atoms with Crippen LogP contribution in [0.15, 0.2) is 53.3 Å². The van der Waals surface area contributed by atoms with Crippen LogP contribution >= 0.6 is 0 Å². The van der Waals surface area contributed by atoms with E-state index in [0.717, 1.165) is 0 Å². The number of carbonyl (C=O) groups excluding carboxylic acids is 2. The van der Waals surface area contributed by atoms with Crippen molar-refractivity contribution in [1.29, 1.82) is 0 Å². The molecule has 1 atom stereocenters. The molecule has 1 saturated heterocycles. The van der Waals surface area contributed by atoms with E-state index in [1.165, 1.54) is 12.1 Å². The molecule has 0 radical (unpaired) electrons. The number of piperidine rings is 1. The number of nitrogens with zero attached hydrogens (tertiary/aromatic N) is 2. The summed E-state index contributed by atoms with van der Waals surface area (Å²) in [6.45, 7) is 4.89. The lowest BCUT2D eigenvalue weighted by molar-refractivity contribution is -0.135. The average Bonchev–Trinajstić information content (AvgIpc) is 2.84. The molecule has 0 spiro atoms. The quantitative estimate of drug-likeness (QED) is 0.540. The average molecular weight is 481 g/mol. The van der Waals surface area contributed by atoms with E-state index in [1.807, 2.05) is 13.8 Å². The summed E-state index contributed by atoms with van der Waals surface area (Å²) < 4.78 is 19.0. The summed E-state index contributed by atoms with van der Waals surface area (Å²) >= 11 is 0. The summed E-state index contributed by atoms with van der Waals surface area (Å²) in [4.78, 5) is 47.3. The molecule has 3 aromatic rings. The van der Waals surface area contributed by atoms with Crippen LogP contribution in [0, 0.1) is 11.7 Å². The van der Waals surface area contributed by atoms with Crippen molar-refractivity contribution in [3.8, 4) is 5.75 Å². The van der Waals surface area contributed by atoms with Gasteiger partial charge in [-0.25, -0.2) is 9.37 Å². The van der Waals surface area contributed by atoms with Crippen molar-refractivity contribution in [3.63, 3.8) is 0 Å². The van der Waals surface area contributed by atoms with Gasteiger partial charge in [0.1, 0.15) is 23.7 Å². The van der Waals surface area contributed by atoms with Crippen molar-refractivity contribution in [2.24, 2.45) is 5.92 Å². The number of para-hydroxylation sites is 2. The Hall–Kier alpha value is -3.75. The third-order valence-electron chi connectivity index (χ3n) is 6.00. The zero-order chi connectivity index (χ0) is 24.9. The summed E-state index contributed by atoms with van der Waals surface area (Å²) in [5.41, 5.74) is 0.161. The molecule has 2 heterocycles. The fraction of sp³-hybridized carbons (Fsp3) is 0.385. The Morgan fingerprint density at radius 2 is 1.83 bits per heavy atom. The van der Waals surface area contributed by atoms with Gasteiger partial charge in [-0.2, -0.15) is 0 Å². The number of benzene rings is 2. The third-order valence-corrected chi connectivity index (χ3v) is 6.00. The molecule has 2 N–H and O–H groups in total. The highest BCUT2D eigenvalue weighted by Gasteiger charge is 2.31. The first kappa shape index (κ1) is 24.4. The lowest BCUT2D eigenvalue weighted by atomic mass is 10.0. The molecule has 9 heteroatoms. The van der Waals surface area contributed by atoms with E-state index < -0.39 is 17.5 Å². The molecular weight excluding hydrogens is 451 g/mol. The first-order valence-electron chi connectivity index (χ1n) is 11.8. The number of fused-ring (bicyclic) bond motifs is 1. The number of hydrogen-bond donors (Lipinski definition) is 2. The van der Waals surface area contributed by atoms with Crippen LogP contribution < -0.4 is 15.6 Å². The minimum absolute atomic E-state index is 0.0805. The number of halogens is 1. The number of aromatic amines is 1. The third kappa shape index (κ3) is 6.03. The van der Waals surface area contributed by atoms with Gasteiger partial charge in [-0.3, -0.25) is 14.4 Å². The molecule has 1 aliphatic rings. The van der Waals surface area contributed by atoms with Gasteiger partial charge in [0.05, 0.1) is 11.0 Å². The highest BCUT2D eigenvalue weighted by Crippen LogP contribution is 2.21. The highest BCUT2D eigenvalue weighted by atomic mass is 19.1. The monoisotopic (exact) mass is 480 g/mol. The van der Waals surface area contributed by atoms with Gasteiger partial charge >= 0.3 is 0 Å². The van der Waals surface area contributed by atoms with Crippen LogP contribution in [-0.4, -0.2) is 51.9 Å². The number of H-pyrrole nitrogens is 1. The summed E-state index contributed by atoms with van der Waals surface area (Å²) in [5, 5.41) is 2.74. The first-order valence-corrected chi connectivity index (χ1v) is 11.8. The Labute approximate surface area is 202 Å². The molecule has 4 rings (SSSR count). The van der Waals surface area contributed by atoms with Gasteiger partial charge in [0.15, 0.2) is 5.69 Å². The first-order chi connectivity index (χ1) is 16.8. The van der Waals surface area contributed by atoms with Gasteiger partial charge in [-0.15, -0.1) is 0 Å². The molecule has 1 fully saturated rings. The fourth-order valence-corrected chi connectivity index (χ4v) is 4.22. The Bertz CT molecular complexity index is 1250. The van der Waals surface area contributed by atoms with Crippen molar-refractivity contribution in [2.75, 3.05) is 13.1 Å². The van der Waals surface area contributed by atoms with Crippen LogP contribution in [0.4, 0.5) is 4.39 Å². The minimum atomic E-state index is -0.773. The Balaban J connectivity index is 1.41. The number of rotatable bonds is 7. The van der Waals surface area contributed by atoms with Gasteiger partial charge in [0.2, 0.25) is 5.91 Å². The van der Waals surface area contributed by atoms with E-state index in [4.69, 9.17) is 4.74 Å². The van der Waals surface area contributed by atoms with Crippen molar-refractivity contribution < 1.29 is 18.7 Å². The molecule has 0 saturated carbocycles. The molecule has 1 aliphatic heterocycles. The predicted molar refractivity (Wildman–Crippen MR) is 130 cm³/mol. The topological polar surface area (TPSA) is 104 Å². The van der Waals surface area contributed by atoms with Gasteiger partial charge in [-0.05, 0) is 48.7 Å². The van der Waals surface area contributed by atoms with E-state index >= 15 is 0 Å². The van der Waals surface area contributed by atoms with Gasteiger partial charge < -0.3 is 19.9 Å². The number of ether oxygens (including phenoxy) is 1. The molecule has 2 aromatic carbocycles. The molecule has 2 amide bonds. The lowest BCUT2D eigenvalue weighted by Crippen LogP contribution is -2.52. The van der Waals surface area contributed by atoms with E-state index in [1.54, 1.807) is 41.3 Å². The van der Waals surface area contributed by atoms with Crippen LogP contribution in [0.2, 0.25) is 0 Å². The number of hydrogen-bond acceptors (Lipinski definition) is 5. The zero-order valence-electron chi connectivity index (χ0n) is 19.8. The van der Waals surface area contributed by atoms with Crippen molar-refractivity contribution in [2.45, 2.75) is 45.3 Å². The van der Waals surface area contributed by atoms with Crippen LogP contribution in [0.1, 0.15) is 43.6 Å². The van der Waals surface area contributed by atoms with Crippen LogP contribution in [0.5, 0.6) is 5.75 Å². The molecular formula is C26H29FN4O4. The second-order valence-electron chi connectivity index (χ2n) is 9.18. The van der Waals surface area contributed by atoms with Gasteiger partial charge in [-0.1, -0.05) is 26.0 Å². The number of likely N-dealkylation sites (tertiary alicyclic amines) is 1. The maximum atomic E-state index is 13.3. The standard InChI is InChI=1S/C26H29FN4O4/c1-16(2)15-22(30-25(33)23-24(32)29-21-6-4-3-5-20(21)28-23)26(34)31-13-11-19(12-14-31)35-18-9-7-17(27)8-10-18/h3-10,16,19,22H,11-15H2,1-2H3,(H,29,32)(H,30,33)/t22-/m0/s1. The predicted octanol–water partition coefficient (Wildman–Crippen LogP) is 3.28. The summed E-state index contributed by atoms with van der Waals surface area (Å²) in [5.74, 6) is -0.451. The molecule has 0 bridgehead atoms. The molecule has 8 nitrogen and oxygen atoms in total. The second-order valence-corrected chi connectivity index (χ2v) is 9.18. The minimum Gasteiger partial charge on any atom is -0.490 e. The van der Waals surface area contributed by atoms with Crippen molar-refractivity contribution in [1.82, 2.24) is 20.2 Å². The maximum Gasteiger partial charge on any atom is 0.280 e. The Morgan fingerprint density at radius 1 is 1.14 bits per heavy atom. The molecule has 184 valence electrons. The number of amides is 2. The van der Waals surface area contributed by atoms with E-state index in [9.17, 15) is 18.8 Å². The zero-order valence-corrected chi connectivity index (χ0v) is 19.8. The van der Waals surface area contributed by atoms with Crippen LogP contribution in [-0.2, 0) is 4.79 Å². The SMILES string of the molecule is CC(C)C[C@H](NC(=O)c1nc2ccccc2[nH]c1=O)C(=O)N1CCC(Oc2ccc(F)cc2)CC1. The van der Waals surface area contributed by atoms with E-state index in [2.05, 4.69) is 15.3 Å². The molecule has 0 aliphatic carbocycles. The summed E-state index contributed by atoms with van der Waals surface area (Å²) in [6.07, 6.45) is 1.60. The Morgan fingerprint density at radius 3 is 2.51 bits per heavy atom. The largest absolute Gasteiger partial charge is 0.490 e. The molecule has 35 heavy (non-hydrogen) atoms. The maximum absolute atomic E-state index is 13.3. The van der Waals surface area contributed by atoms with Crippen molar-refractivity contribution in [3.05, 3.63) is 70.4 Å². The van der Waals surface area contributed by atoms with Crippen LogP contribution in [0.25, 0.3) is 11.0 Å². The van der Waals surface area contributed by atoms with Gasteiger partial charge in [0.25, 0.3) is 11.5 Å². The summed E-state index contributed by atoms with van der Waals surface area (Å²) in [6, 6.07) is 12.1. The van der Waals surface area contributed by atoms with E-state index in [0.29, 0.717) is 49.1 Å². The number of aromatic nitrogens is 2. The molecule has 0 unspecified atom stereocenters. The summed E-state index contributed by atoms with van der Waals surface area (Å²) in [7, 11) is 0. The lowest BCUT2D eigenvalue weighted by Gasteiger charge is -2.34. The van der Waals surface area contributed by atoms with Gasteiger partial charge in [0, 0.05) is 25.9 Å². The highest BCUT2D eigenvalue weighted by molar-refractivity contribution is 5.97. The fourth-order valence-electron chi connectivity index (χ4n) is 4.22. The van der Waals surface area contributed by atoms with E-state index in [-0.39, 0.29) is 29.4 Å². The van der Waals surface area contributed by atoms with Crippen LogP contribution in [0.3, 0.4) is 0 Å². The number of carbonyl (C=O) groups is 2. The molecule has 1 aromatic heterocycles. The smallest absolute Gasteiger partial charge is 0.280 e.